The van der Waals surface area contributed by atoms with E-state index in [0.29, 0.717) is 17.2 Å². The quantitative estimate of drug-likeness (QED) is 0.409. The van der Waals surface area contributed by atoms with E-state index >= 15 is 0 Å². The van der Waals surface area contributed by atoms with E-state index in [4.69, 9.17) is 10.5 Å². The number of benzene rings is 1. The standard InChI is InChI=1S/C16H16N4O2S2/c1-3-22-15(21)14-13(17)11-6-10(4-5-12(11)24-14)7-18-20-16-19-9(2)8-23-16/h4-8H,3,17H2,1-2H3,(H,19,20). The molecule has 0 amide bonds. The summed E-state index contributed by atoms with van der Waals surface area (Å²) in [5, 5.41) is 7.70. The number of aromatic nitrogens is 1. The maximum Gasteiger partial charge on any atom is 0.350 e. The van der Waals surface area contributed by atoms with E-state index in [2.05, 4.69) is 15.5 Å². The van der Waals surface area contributed by atoms with E-state index in [0.717, 1.165) is 26.5 Å². The lowest BCUT2D eigenvalue weighted by molar-refractivity contribution is 0.0533. The van der Waals surface area contributed by atoms with Gasteiger partial charge < -0.3 is 10.5 Å². The minimum atomic E-state index is -0.382. The smallest absolute Gasteiger partial charge is 0.350 e. The Morgan fingerprint density at radius 1 is 1.50 bits per heavy atom. The van der Waals surface area contributed by atoms with E-state index in [1.807, 2.05) is 30.5 Å². The van der Waals surface area contributed by atoms with Gasteiger partial charge in [0.15, 0.2) is 0 Å². The molecule has 0 spiro atoms. The van der Waals surface area contributed by atoms with E-state index in [1.165, 1.54) is 22.7 Å². The molecule has 0 bridgehead atoms. The summed E-state index contributed by atoms with van der Waals surface area (Å²) in [6.45, 7) is 4.03. The summed E-state index contributed by atoms with van der Waals surface area (Å²) in [6.07, 6.45) is 1.69. The molecule has 0 atom stereocenters. The number of rotatable bonds is 5. The molecule has 6 nitrogen and oxygen atoms in total. The Morgan fingerprint density at radius 3 is 3.04 bits per heavy atom. The zero-order valence-corrected chi connectivity index (χ0v) is 14.8. The van der Waals surface area contributed by atoms with Gasteiger partial charge in [-0.3, -0.25) is 5.43 Å². The second kappa shape index (κ2) is 6.98. The first-order chi connectivity index (χ1) is 11.6. The molecule has 3 rings (SSSR count). The number of thiophene rings is 1. The van der Waals surface area contributed by atoms with Gasteiger partial charge in [0.25, 0.3) is 0 Å². The Hall–Kier alpha value is -2.45. The molecule has 0 radical (unpaired) electrons. The third kappa shape index (κ3) is 3.39. The number of ether oxygens (including phenoxy) is 1. The molecule has 3 aromatic rings. The van der Waals surface area contributed by atoms with E-state index < -0.39 is 0 Å². The highest BCUT2D eigenvalue weighted by molar-refractivity contribution is 7.21. The largest absolute Gasteiger partial charge is 0.462 e. The van der Waals surface area contributed by atoms with Gasteiger partial charge >= 0.3 is 5.97 Å². The third-order valence-corrected chi connectivity index (χ3v) is 5.24. The molecule has 24 heavy (non-hydrogen) atoms. The van der Waals surface area contributed by atoms with E-state index in [9.17, 15) is 4.79 Å². The minimum absolute atomic E-state index is 0.326. The van der Waals surface area contributed by atoms with Crippen molar-refractivity contribution in [3.8, 4) is 0 Å². The summed E-state index contributed by atoms with van der Waals surface area (Å²) in [4.78, 5) is 16.6. The molecule has 0 unspecified atom stereocenters. The molecule has 8 heteroatoms. The number of carbonyl (C=O) groups excluding carboxylic acids is 1. The van der Waals surface area contributed by atoms with Crippen molar-refractivity contribution in [2.75, 3.05) is 17.8 Å². The van der Waals surface area contributed by atoms with Gasteiger partial charge in [0.1, 0.15) is 4.88 Å². The number of hydrogen-bond acceptors (Lipinski definition) is 8. The fourth-order valence-corrected chi connectivity index (χ4v) is 3.76. The van der Waals surface area contributed by atoms with Crippen LogP contribution in [0.4, 0.5) is 10.8 Å². The molecule has 3 N–H and O–H groups in total. The number of anilines is 2. The number of aryl methyl sites for hydroxylation is 1. The summed E-state index contributed by atoms with van der Waals surface area (Å²) >= 11 is 2.83. The van der Waals surface area contributed by atoms with Gasteiger partial charge in [0, 0.05) is 15.5 Å². The first kappa shape index (κ1) is 16.4. The van der Waals surface area contributed by atoms with Crippen molar-refractivity contribution in [2.45, 2.75) is 13.8 Å². The van der Waals surface area contributed by atoms with Gasteiger partial charge in [0.05, 0.1) is 24.2 Å². The van der Waals surface area contributed by atoms with Gasteiger partial charge in [-0.05, 0) is 31.5 Å². The summed E-state index contributed by atoms with van der Waals surface area (Å²) in [5.74, 6) is -0.382. The highest BCUT2D eigenvalue weighted by Gasteiger charge is 2.17. The van der Waals surface area contributed by atoms with Crippen molar-refractivity contribution >= 4 is 55.8 Å². The molecule has 0 saturated carbocycles. The predicted octanol–water partition coefficient (Wildman–Crippen LogP) is 3.87. The lowest BCUT2D eigenvalue weighted by Gasteiger charge is -1.99. The van der Waals surface area contributed by atoms with Crippen LogP contribution in [0.15, 0.2) is 28.7 Å². The number of hydrazone groups is 1. The Bertz CT molecular complexity index is 914. The van der Waals surface area contributed by atoms with Crippen molar-refractivity contribution in [1.82, 2.24) is 4.98 Å². The average Bonchev–Trinajstić information content (AvgIpc) is 3.12. The number of carbonyl (C=O) groups is 1. The number of nitrogens with zero attached hydrogens (tertiary/aromatic N) is 2. The first-order valence-electron chi connectivity index (χ1n) is 7.29. The topological polar surface area (TPSA) is 89.6 Å². The maximum atomic E-state index is 11.9. The molecule has 0 fully saturated rings. The molecule has 0 aliphatic carbocycles. The Labute approximate surface area is 147 Å². The summed E-state index contributed by atoms with van der Waals surface area (Å²) < 4.78 is 5.97. The van der Waals surface area contributed by atoms with Crippen LogP contribution in [0.25, 0.3) is 10.1 Å². The molecule has 1 aromatic carbocycles. The maximum absolute atomic E-state index is 11.9. The molecule has 0 aliphatic heterocycles. The van der Waals surface area contributed by atoms with Gasteiger partial charge in [-0.25, -0.2) is 9.78 Å². The Balaban J connectivity index is 1.82. The summed E-state index contributed by atoms with van der Waals surface area (Å²) in [7, 11) is 0. The van der Waals surface area contributed by atoms with Crippen LogP contribution in [0.5, 0.6) is 0 Å². The van der Waals surface area contributed by atoms with Crippen LogP contribution in [0, 0.1) is 6.92 Å². The summed E-state index contributed by atoms with van der Waals surface area (Å²) in [6, 6.07) is 5.75. The molecular formula is C16H16N4O2S2. The average molecular weight is 360 g/mol. The van der Waals surface area contributed by atoms with Crippen LogP contribution >= 0.6 is 22.7 Å². The van der Waals surface area contributed by atoms with Crippen LogP contribution < -0.4 is 11.2 Å². The fourth-order valence-electron chi connectivity index (χ4n) is 2.13. The van der Waals surface area contributed by atoms with Crippen LogP contribution in [0.3, 0.4) is 0 Å². The van der Waals surface area contributed by atoms with Crippen LogP contribution in [-0.2, 0) is 4.74 Å². The van der Waals surface area contributed by atoms with E-state index in [1.54, 1.807) is 13.1 Å². The van der Waals surface area contributed by atoms with Gasteiger partial charge in [-0.1, -0.05) is 6.07 Å². The molecule has 0 saturated heterocycles. The van der Waals surface area contributed by atoms with Gasteiger partial charge in [-0.2, -0.15) is 5.10 Å². The monoisotopic (exact) mass is 360 g/mol. The highest BCUT2D eigenvalue weighted by atomic mass is 32.1. The number of thiazole rings is 1. The minimum Gasteiger partial charge on any atom is -0.462 e. The molecule has 124 valence electrons. The Morgan fingerprint density at radius 2 is 2.33 bits per heavy atom. The van der Waals surface area contributed by atoms with Crippen LogP contribution in [0.2, 0.25) is 0 Å². The molecule has 0 aliphatic rings. The lowest BCUT2D eigenvalue weighted by Crippen LogP contribution is -2.04. The molecule has 2 heterocycles. The molecule has 2 aromatic heterocycles. The SMILES string of the molecule is CCOC(=O)c1sc2ccc(C=NNc3nc(C)cs3)cc2c1N. The zero-order valence-electron chi connectivity index (χ0n) is 13.2. The number of fused-ring (bicyclic) bond motifs is 1. The van der Waals surface area contributed by atoms with Gasteiger partial charge in [0.2, 0.25) is 5.13 Å². The fraction of sp³-hybridized carbons (Fsp3) is 0.188. The van der Waals surface area contributed by atoms with Crippen molar-refractivity contribution in [2.24, 2.45) is 5.10 Å². The number of hydrogen-bond donors (Lipinski definition) is 2. The predicted molar refractivity (Wildman–Crippen MR) is 100 cm³/mol. The summed E-state index contributed by atoms with van der Waals surface area (Å²) in [5.41, 5.74) is 11.3. The third-order valence-electron chi connectivity index (χ3n) is 3.20. The van der Waals surface area contributed by atoms with Crippen molar-refractivity contribution in [3.05, 3.63) is 39.7 Å². The Kier molecular flexibility index (Phi) is 4.77. The number of nitrogens with two attached hydrogens (primary N) is 1. The van der Waals surface area contributed by atoms with Crippen LogP contribution in [-0.4, -0.2) is 23.8 Å². The lowest BCUT2D eigenvalue weighted by atomic mass is 10.1. The zero-order chi connectivity index (χ0) is 17.1. The van der Waals surface area contributed by atoms with Crippen LogP contribution in [0.1, 0.15) is 27.9 Å². The number of nitrogens with one attached hydrogen (secondary N) is 1. The number of nitrogen functional groups attached to an aromatic ring is 1. The van der Waals surface area contributed by atoms with Crippen molar-refractivity contribution < 1.29 is 9.53 Å². The highest BCUT2D eigenvalue weighted by Crippen LogP contribution is 2.34. The normalized spacial score (nSPS) is 11.2. The molecular weight excluding hydrogens is 344 g/mol. The number of esters is 1. The van der Waals surface area contributed by atoms with Crippen molar-refractivity contribution in [1.29, 1.82) is 0 Å². The van der Waals surface area contributed by atoms with E-state index in [-0.39, 0.29) is 5.97 Å². The second-order valence-corrected chi connectivity index (χ2v) is 6.90. The second-order valence-electron chi connectivity index (χ2n) is 4.98. The van der Waals surface area contributed by atoms with Gasteiger partial charge in [-0.15, -0.1) is 22.7 Å². The first-order valence-corrected chi connectivity index (χ1v) is 8.98. The van der Waals surface area contributed by atoms with Crippen molar-refractivity contribution in [3.63, 3.8) is 0 Å².